The van der Waals surface area contributed by atoms with Gasteiger partial charge in [-0.05, 0) is 19.4 Å². The molecule has 0 radical (unpaired) electrons. The third kappa shape index (κ3) is 1.79. The standard InChI is InChI=1S/C5H9IN2O/c6-8-5(9)4-2-1-3-7-4/h4,7H,1-3H2,(H,8,9). The third-order valence-corrected chi connectivity index (χ3v) is 2.00. The molecule has 1 heterocycles. The van der Waals surface area contributed by atoms with Gasteiger partial charge in [0.1, 0.15) is 0 Å². The van der Waals surface area contributed by atoms with Crippen molar-refractivity contribution in [1.29, 1.82) is 0 Å². The van der Waals surface area contributed by atoms with Crippen LogP contribution in [-0.4, -0.2) is 18.5 Å². The number of nitrogens with one attached hydrogen (secondary N) is 2. The second kappa shape index (κ2) is 3.36. The predicted molar refractivity (Wildman–Crippen MR) is 43.2 cm³/mol. The van der Waals surface area contributed by atoms with Crippen LogP contribution in [0.2, 0.25) is 0 Å². The van der Waals surface area contributed by atoms with E-state index in [1.165, 1.54) is 0 Å². The van der Waals surface area contributed by atoms with Crippen LogP contribution in [0.5, 0.6) is 0 Å². The normalized spacial score (nSPS) is 26.1. The van der Waals surface area contributed by atoms with Gasteiger partial charge in [-0.1, -0.05) is 0 Å². The van der Waals surface area contributed by atoms with Crippen LogP contribution in [0.1, 0.15) is 12.8 Å². The highest BCUT2D eigenvalue weighted by molar-refractivity contribution is 14.1. The molecule has 52 valence electrons. The molecular formula is C5H9IN2O. The van der Waals surface area contributed by atoms with E-state index in [2.05, 4.69) is 8.85 Å². The summed E-state index contributed by atoms with van der Waals surface area (Å²) in [5.74, 6) is 0.105. The minimum Gasteiger partial charge on any atom is -0.306 e. The second-order valence-corrected chi connectivity index (χ2v) is 2.65. The summed E-state index contributed by atoms with van der Waals surface area (Å²) in [5.41, 5.74) is 0. The molecule has 9 heavy (non-hydrogen) atoms. The molecule has 2 N–H and O–H groups in total. The molecule has 0 spiro atoms. The van der Waals surface area contributed by atoms with Gasteiger partial charge in [0.05, 0.1) is 28.9 Å². The van der Waals surface area contributed by atoms with E-state index >= 15 is 0 Å². The number of carbonyl (C=O) groups is 1. The van der Waals surface area contributed by atoms with Gasteiger partial charge in [0.2, 0.25) is 5.91 Å². The average Bonchev–Trinajstić information content (AvgIpc) is 2.37. The zero-order valence-corrected chi connectivity index (χ0v) is 7.14. The summed E-state index contributed by atoms with van der Waals surface area (Å²) in [6, 6.07) is 0.0712. The fourth-order valence-corrected chi connectivity index (χ4v) is 1.35. The highest BCUT2D eigenvalue weighted by Gasteiger charge is 2.20. The molecule has 1 fully saturated rings. The monoisotopic (exact) mass is 240 g/mol. The average molecular weight is 240 g/mol. The lowest BCUT2D eigenvalue weighted by atomic mass is 10.2. The van der Waals surface area contributed by atoms with Gasteiger partial charge in [0.15, 0.2) is 0 Å². The van der Waals surface area contributed by atoms with Gasteiger partial charge < -0.3 is 5.32 Å². The zero-order chi connectivity index (χ0) is 6.69. The van der Waals surface area contributed by atoms with Crippen molar-refractivity contribution in [1.82, 2.24) is 8.85 Å². The summed E-state index contributed by atoms with van der Waals surface area (Å²) in [6.45, 7) is 0.981. The van der Waals surface area contributed by atoms with Crippen LogP contribution in [0, 0.1) is 0 Å². The van der Waals surface area contributed by atoms with Crippen molar-refractivity contribution in [2.75, 3.05) is 6.54 Å². The Kier molecular flexibility index (Phi) is 2.71. The van der Waals surface area contributed by atoms with Crippen LogP contribution < -0.4 is 8.85 Å². The summed E-state index contributed by atoms with van der Waals surface area (Å²) in [5, 5.41) is 3.09. The molecule has 1 saturated heterocycles. The van der Waals surface area contributed by atoms with E-state index in [1.54, 1.807) is 0 Å². The number of hydrogen-bond acceptors (Lipinski definition) is 2. The number of carbonyl (C=O) groups excluding carboxylic acids is 1. The van der Waals surface area contributed by atoms with Crippen molar-refractivity contribution in [3.63, 3.8) is 0 Å². The molecule has 1 rings (SSSR count). The molecule has 0 aromatic carbocycles. The molecule has 0 aliphatic carbocycles. The van der Waals surface area contributed by atoms with Gasteiger partial charge in [-0.2, -0.15) is 0 Å². The first kappa shape index (κ1) is 7.27. The third-order valence-electron chi connectivity index (χ3n) is 1.47. The summed E-state index contributed by atoms with van der Waals surface area (Å²) >= 11 is 1.86. The lowest BCUT2D eigenvalue weighted by Crippen LogP contribution is -2.36. The smallest absolute Gasteiger partial charge is 0.245 e. The van der Waals surface area contributed by atoms with Gasteiger partial charge in [-0.25, -0.2) is 0 Å². The summed E-state index contributed by atoms with van der Waals surface area (Å²) in [4.78, 5) is 10.8. The lowest BCUT2D eigenvalue weighted by Gasteiger charge is -2.04. The molecule has 1 aliphatic heterocycles. The van der Waals surface area contributed by atoms with Gasteiger partial charge in [-0.3, -0.25) is 8.32 Å². The molecule has 0 saturated carbocycles. The fourth-order valence-electron chi connectivity index (χ4n) is 0.974. The summed E-state index contributed by atoms with van der Waals surface area (Å²) < 4.78 is 2.58. The largest absolute Gasteiger partial charge is 0.306 e. The Hall–Kier alpha value is 0.160. The van der Waals surface area contributed by atoms with Gasteiger partial charge in [0, 0.05) is 0 Å². The van der Waals surface area contributed by atoms with Crippen LogP contribution in [0.25, 0.3) is 0 Å². The predicted octanol–water partition coefficient (Wildman–Crippen LogP) is 0.205. The Morgan fingerprint density at radius 2 is 2.56 bits per heavy atom. The molecule has 0 bridgehead atoms. The van der Waals surface area contributed by atoms with Gasteiger partial charge in [0.25, 0.3) is 0 Å². The highest BCUT2D eigenvalue weighted by atomic mass is 127. The molecule has 0 aromatic heterocycles. The number of amides is 1. The van der Waals surface area contributed by atoms with Crippen molar-refractivity contribution in [2.24, 2.45) is 0 Å². The van der Waals surface area contributed by atoms with Crippen LogP contribution in [0.15, 0.2) is 0 Å². The number of halogens is 1. The first-order chi connectivity index (χ1) is 4.34. The minimum atomic E-state index is 0.0712. The minimum absolute atomic E-state index is 0.0712. The highest BCUT2D eigenvalue weighted by Crippen LogP contribution is 2.04. The molecule has 1 unspecified atom stereocenters. The van der Waals surface area contributed by atoms with Crippen molar-refractivity contribution in [3.05, 3.63) is 0 Å². The molecule has 1 atom stereocenters. The second-order valence-electron chi connectivity index (χ2n) is 2.11. The van der Waals surface area contributed by atoms with Crippen LogP contribution >= 0.6 is 22.9 Å². The Labute approximate surface area is 68.1 Å². The quantitative estimate of drug-likeness (QED) is 0.508. The first-order valence-electron chi connectivity index (χ1n) is 2.98. The SMILES string of the molecule is O=C(NI)C1CCCN1. The van der Waals surface area contributed by atoms with E-state index < -0.39 is 0 Å². The Morgan fingerprint density at radius 1 is 1.78 bits per heavy atom. The van der Waals surface area contributed by atoms with E-state index in [4.69, 9.17) is 0 Å². The number of rotatable bonds is 1. The topological polar surface area (TPSA) is 41.1 Å². The van der Waals surface area contributed by atoms with E-state index in [1.807, 2.05) is 22.9 Å². The summed E-state index contributed by atoms with van der Waals surface area (Å²) in [6.07, 6.45) is 2.10. The van der Waals surface area contributed by atoms with E-state index in [-0.39, 0.29) is 11.9 Å². The van der Waals surface area contributed by atoms with Gasteiger partial charge >= 0.3 is 0 Å². The van der Waals surface area contributed by atoms with E-state index in [0.717, 1.165) is 19.4 Å². The van der Waals surface area contributed by atoms with Crippen LogP contribution in [-0.2, 0) is 4.79 Å². The maximum atomic E-state index is 10.8. The maximum absolute atomic E-state index is 10.8. The fraction of sp³-hybridized carbons (Fsp3) is 0.800. The lowest BCUT2D eigenvalue weighted by molar-refractivity contribution is -0.120. The molecular weight excluding hydrogens is 231 g/mol. The van der Waals surface area contributed by atoms with Crippen molar-refractivity contribution >= 4 is 28.8 Å². The number of hydrogen-bond donors (Lipinski definition) is 2. The van der Waals surface area contributed by atoms with Crippen LogP contribution in [0.3, 0.4) is 0 Å². The van der Waals surface area contributed by atoms with Gasteiger partial charge in [-0.15, -0.1) is 0 Å². The molecule has 3 nitrogen and oxygen atoms in total. The van der Waals surface area contributed by atoms with Crippen molar-refractivity contribution in [2.45, 2.75) is 18.9 Å². The van der Waals surface area contributed by atoms with Crippen LogP contribution in [0.4, 0.5) is 0 Å². The summed E-state index contributed by atoms with van der Waals surface area (Å²) in [7, 11) is 0. The van der Waals surface area contributed by atoms with Crippen molar-refractivity contribution < 1.29 is 4.79 Å². The molecule has 1 amide bonds. The van der Waals surface area contributed by atoms with Crippen molar-refractivity contribution in [3.8, 4) is 0 Å². The van der Waals surface area contributed by atoms with E-state index in [9.17, 15) is 4.79 Å². The Balaban J connectivity index is 2.32. The molecule has 0 aromatic rings. The first-order valence-corrected chi connectivity index (χ1v) is 4.06. The molecule has 1 aliphatic rings. The Bertz CT molecular complexity index is 112. The maximum Gasteiger partial charge on any atom is 0.245 e. The Morgan fingerprint density at radius 3 is 3.00 bits per heavy atom. The zero-order valence-electron chi connectivity index (χ0n) is 4.98. The van der Waals surface area contributed by atoms with E-state index in [0.29, 0.717) is 0 Å². The molecule has 4 heteroatoms.